The first-order valence-electron chi connectivity index (χ1n) is 16.5. The molecule has 0 spiro atoms. The number of hydrogen-bond acceptors (Lipinski definition) is 7. The summed E-state index contributed by atoms with van der Waals surface area (Å²) in [5, 5.41) is 11.8. The van der Waals surface area contributed by atoms with Crippen LogP contribution in [0.2, 0.25) is 0 Å². The molecule has 11 heteroatoms. The minimum absolute atomic E-state index is 0.00766. The summed E-state index contributed by atoms with van der Waals surface area (Å²) in [6.07, 6.45) is 1.27. The maximum absolute atomic E-state index is 13.2. The number of primary amides is 1. The number of halogens is 1. The largest absolute Gasteiger partial charge is 0.488 e. The zero-order valence-electron chi connectivity index (χ0n) is 28.3. The third kappa shape index (κ3) is 10.1. The molecule has 256 valence electrons. The van der Waals surface area contributed by atoms with Crippen LogP contribution in [0.3, 0.4) is 0 Å². The molecular weight excluding hydrogens is 616 g/mol. The predicted octanol–water partition coefficient (Wildman–Crippen LogP) is 6.30. The third-order valence-electron chi connectivity index (χ3n) is 8.36. The Morgan fingerprint density at radius 3 is 2.40 bits per heavy atom. The van der Waals surface area contributed by atoms with Gasteiger partial charge in [-0.25, -0.2) is 9.59 Å². The number of anilines is 2. The highest BCUT2D eigenvalue weighted by Crippen LogP contribution is 2.46. The summed E-state index contributed by atoms with van der Waals surface area (Å²) >= 11 is 6.41. The maximum Gasteiger partial charge on any atom is 0.414 e. The first-order valence-corrected chi connectivity index (χ1v) is 17.0. The molecule has 1 aliphatic heterocycles. The number of rotatable bonds is 15. The second kappa shape index (κ2) is 16.4. The Hall–Kier alpha value is -3.73. The molecule has 3 aromatic carbocycles. The molecule has 1 aliphatic rings. The number of fused-ring (bicyclic) bond motifs is 3. The number of ether oxygens (including phenoxy) is 2. The van der Waals surface area contributed by atoms with E-state index in [0.29, 0.717) is 50.3 Å². The van der Waals surface area contributed by atoms with E-state index in [2.05, 4.69) is 35.9 Å². The van der Waals surface area contributed by atoms with Gasteiger partial charge in [-0.2, -0.15) is 0 Å². The molecule has 0 aromatic heterocycles. The number of urea groups is 1. The summed E-state index contributed by atoms with van der Waals surface area (Å²) in [5.41, 5.74) is 14.7. The van der Waals surface area contributed by atoms with Crippen LogP contribution in [-0.2, 0) is 11.3 Å². The summed E-state index contributed by atoms with van der Waals surface area (Å²) in [4.78, 5) is 25.9. The van der Waals surface area contributed by atoms with E-state index >= 15 is 0 Å². The van der Waals surface area contributed by atoms with E-state index in [1.165, 1.54) is 0 Å². The Kier molecular flexibility index (Phi) is 12.6. The molecule has 3 atom stereocenters. The zero-order valence-corrected chi connectivity index (χ0v) is 29.0. The number of nitrogens with one attached hydrogen (secondary N) is 3. The van der Waals surface area contributed by atoms with Crippen LogP contribution in [-0.4, -0.2) is 61.9 Å². The molecule has 3 amide bonds. The standard InChI is InChI=1S/C36H51ClN6O4/c1-23(2)30(38)20-42-27(9-8-16-40-34(39)44)19-41-26-14-12-24(13-15-26)22-46-32-17-31-33(29-11-7-6-10-28(29)32)25(18-37)21-43(31)35(45)47-36(3,4)5/h6-7,10-15,17,23,25,27,30,41-42H,8-9,16,18-22,38H2,1-5H3,(H3,39,40,44)/t25?,27-,30+/m1/s1. The van der Waals surface area contributed by atoms with Gasteiger partial charge < -0.3 is 36.9 Å². The third-order valence-corrected chi connectivity index (χ3v) is 8.73. The van der Waals surface area contributed by atoms with Gasteiger partial charge in [-0.1, -0.05) is 50.2 Å². The minimum atomic E-state index is -0.615. The normalized spacial score (nSPS) is 15.7. The molecule has 1 unspecified atom stereocenters. The molecular formula is C36H51ClN6O4. The zero-order chi connectivity index (χ0) is 34.1. The minimum Gasteiger partial charge on any atom is -0.488 e. The second-order valence-electron chi connectivity index (χ2n) is 13.6. The van der Waals surface area contributed by atoms with E-state index in [1.54, 1.807) is 4.90 Å². The highest BCUT2D eigenvalue weighted by molar-refractivity contribution is 6.19. The van der Waals surface area contributed by atoms with Crippen LogP contribution in [0.1, 0.15) is 64.5 Å². The van der Waals surface area contributed by atoms with Crippen molar-refractivity contribution in [1.82, 2.24) is 10.6 Å². The van der Waals surface area contributed by atoms with Gasteiger partial charge in [-0.05, 0) is 68.2 Å². The van der Waals surface area contributed by atoms with Crippen molar-refractivity contribution in [3.05, 3.63) is 65.7 Å². The summed E-state index contributed by atoms with van der Waals surface area (Å²) in [5.74, 6) is 1.46. The number of hydrogen-bond donors (Lipinski definition) is 5. The van der Waals surface area contributed by atoms with E-state index in [1.807, 2.05) is 69.3 Å². The maximum atomic E-state index is 13.2. The number of nitrogens with two attached hydrogens (primary N) is 2. The van der Waals surface area contributed by atoms with Gasteiger partial charge in [0, 0.05) is 67.2 Å². The van der Waals surface area contributed by atoms with Gasteiger partial charge in [0.1, 0.15) is 18.0 Å². The first kappa shape index (κ1) is 36.1. The molecule has 0 fully saturated rings. The fourth-order valence-electron chi connectivity index (χ4n) is 5.64. The van der Waals surface area contributed by atoms with Gasteiger partial charge >= 0.3 is 12.1 Å². The van der Waals surface area contributed by atoms with E-state index in [0.717, 1.165) is 46.1 Å². The molecule has 0 saturated heterocycles. The Balaban J connectivity index is 1.44. The van der Waals surface area contributed by atoms with Crippen molar-refractivity contribution in [2.24, 2.45) is 17.4 Å². The molecule has 0 saturated carbocycles. The highest BCUT2D eigenvalue weighted by atomic mass is 35.5. The smallest absolute Gasteiger partial charge is 0.414 e. The molecule has 0 radical (unpaired) electrons. The van der Waals surface area contributed by atoms with Crippen LogP contribution < -0.4 is 37.1 Å². The Labute approximate surface area is 283 Å². The quantitative estimate of drug-likeness (QED) is 0.0946. The van der Waals surface area contributed by atoms with Crippen molar-refractivity contribution >= 4 is 45.9 Å². The van der Waals surface area contributed by atoms with Crippen LogP contribution in [0.25, 0.3) is 10.8 Å². The lowest BCUT2D eigenvalue weighted by molar-refractivity contribution is 0.0582. The van der Waals surface area contributed by atoms with E-state index < -0.39 is 17.7 Å². The molecule has 1 heterocycles. The summed E-state index contributed by atoms with van der Waals surface area (Å²) in [6, 6.07) is 17.9. The van der Waals surface area contributed by atoms with Crippen LogP contribution in [0.5, 0.6) is 5.75 Å². The van der Waals surface area contributed by atoms with Crippen molar-refractivity contribution in [2.75, 3.05) is 42.3 Å². The topological polar surface area (TPSA) is 144 Å². The number of nitrogens with zero attached hydrogens (tertiary/aromatic N) is 1. The van der Waals surface area contributed by atoms with E-state index in [9.17, 15) is 9.59 Å². The summed E-state index contributed by atoms with van der Waals surface area (Å²) < 4.78 is 12.2. The monoisotopic (exact) mass is 666 g/mol. The number of benzene rings is 3. The molecule has 0 bridgehead atoms. The van der Waals surface area contributed by atoms with Gasteiger partial charge in [0.2, 0.25) is 0 Å². The van der Waals surface area contributed by atoms with Crippen LogP contribution in [0.15, 0.2) is 54.6 Å². The molecule has 3 aromatic rings. The fraction of sp³-hybridized carbons (Fsp3) is 0.500. The van der Waals surface area contributed by atoms with Crippen molar-refractivity contribution in [1.29, 1.82) is 0 Å². The van der Waals surface area contributed by atoms with Gasteiger partial charge in [-0.15, -0.1) is 11.6 Å². The van der Waals surface area contributed by atoms with E-state index in [4.69, 9.17) is 32.5 Å². The van der Waals surface area contributed by atoms with E-state index in [-0.39, 0.29) is 18.0 Å². The Morgan fingerprint density at radius 2 is 1.77 bits per heavy atom. The van der Waals surface area contributed by atoms with Gasteiger partial charge in [-0.3, -0.25) is 4.90 Å². The predicted molar refractivity (Wildman–Crippen MR) is 192 cm³/mol. The van der Waals surface area contributed by atoms with Gasteiger partial charge in [0.25, 0.3) is 0 Å². The second-order valence-corrected chi connectivity index (χ2v) is 13.9. The molecule has 0 aliphatic carbocycles. The summed E-state index contributed by atoms with van der Waals surface area (Å²) in [6.45, 7) is 12.6. The van der Waals surface area contributed by atoms with Crippen molar-refractivity contribution in [3.63, 3.8) is 0 Å². The first-order chi connectivity index (χ1) is 22.4. The van der Waals surface area contributed by atoms with Crippen LogP contribution >= 0.6 is 11.6 Å². The number of alkyl halides is 1. The van der Waals surface area contributed by atoms with Crippen LogP contribution in [0.4, 0.5) is 21.0 Å². The van der Waals surface area contributed by atoms with Crippen LogP contribution in [0, 0.1) is 5.92 Å². The summed E-state index contributed by atoms with van der Waals surface area (Å²) in [7, 11) is 0. The van der Waals surface area contributed by atoms with Crippen molar-refractivity contribution in [2.45, 2.75) is 77.7 Å². The van der Waals surface area contributed by atoms with Crippen molar-refractivity contribution < 1.29 is 19.1 Å². The highest BCUT2D eigenvalue weighted by Gasteiger charge is 2.36. The molecule has 10 nitrogen and oxygen atoms in total. The van der Waals surface area contributed by atoms with Gasteiger partial charge in [0.15, 0.2) is 0 Å². The lowest BCUT2D eigenvalue weighted by Crippen LogP contribution is -2.45. The average molecular weight is 667 g/mol. The lowest BCUT2D eigenvalue weighted by Gasteiger charge is -2.25. The number of amides is 3. The Bertz CT molecular complexity index is 1490. The average Bonchev–Trinajstić information content (AvgIpc) is 3.41. The molecule has 4 rings (SSSR count). The van der Waals surface area contributed by atoms with Gasteiger partial charge in [0.05, 0.1) is 5.69 Å². The Morgan fingerprint density at radius 1 is 1.06 bits per heavy atom. The van der Waals surface area contributed by atoms with Crippen molar-refractivity contribution in [3.8, 4) is 5.75 Å². The SMILES string of the molecule is CC(C)[C@@H](N)CN[C@H](CCCNC(N)=O)CNc1ccc(COc2cc3c(c4ccccc24)C(CCl)CN3C(=O)OC(C)(C)C)cc1. The number of carbonyl (C=O) groups excluding carboxylic acids is 2. The number of carbonyl (C=O) groups is 2. The lowest BCUT2D eigenvalue weighted by atomic mass is 9.95. The fourth-order valence-corrected chi connectivity index (χ4v) is 5.90. The molecule has 7 N–H and O–H groups in total. The molecule has 47 heavy (non-hydrogen) atoms.